The standard InChI is InChI=1S/Al.BH5SiTe.Bi.Zn.6H/c;2-1-3;;;;;;;;/h;1,3H,2H3;;;;;;;;. The van der Waals surface area contributed by atoms with Crippen LogP contribution in [0.4, 0.5) is 0 Å². The fourth-order valence-corrected chi connectivity index (χ4v) is 0. The first-order valence-electron chi connectivity index (χ1n) is 1.02. The first-order chi connectivity index (χ1) is 1.41. The molecule has 0 bridgehead atoms. The summed E-state index contributed by atoms with van der Waals surface area (Å²) in [5.74, 6) is 0. The summed E-state index contributed by atoms with van der Waals surface area (Å²) < 4.78 is 1.44. The van der Waals surface area contributed by atoms with Gasteiger partial charge in [0.25, 0.3) is 0 Å². The van der Waals surface area contributed by atoms with Crippen LogP contribution >= 0.6 is 0 Å². The van der Waals surface area contributed by atoms with Crippen molar-refractivity contribution in [1.29, 1.82) is 0 Å². The molecule has 0 saturated carbocycles. The Bertz CT molecular complexity index is 15.5. The zero-order chi connectivity index (χ0) is 2.71. The molecule has 0 radical (unpaired) electrons. The largest absolute Gasteiger partial charge is 0 e. The summed E-state index contributed by atoms with van der Waals surface area (Å²) in [6.07, 6.45) is 0. The average Bonchev–Trinajstić information content (AvgIpc) is 0.918. The van der Waals surface area contributed by atoms with Gasteiger partial charge in [0.05, 0.1) is 0 Å². The van der Waals surface area contributed by atoms with Crippen molar-refractivity contribution in [3.63, 3.8) is 0 Å². The maximum Gasteiger partial charge on any atom is 0 e. The van der Waals surface area contributed by atoms with Crippen molar-refractivity contribution in [2.24, 2.45) is 0 Å². The van der Waals surface area contributed by atoms with Gasteiger partial charge in [-0.15, -0.1) is 0 Å². The quantitative estimate of drug-likeness (QED) is 0.307. The first-order valence-corrected chi connectivity index (χ1v) is 4.24. The Balaban J connectivity index is -0.00000000667. The van der Waals surface area contributed by atoms with Gasteiger partial charge in [0, 0.05) is 19.5 Å². The van der Waals surface area contributed by atoms with E-state index in [1.165, 1.54) is 14.9 Å². The van der Waals surface area contributed by atoms with Gasteiger partial charge in [-0.25, -0.2) is 0 Å². The Morgan fingerprint density at radius 2 is 1.50 bits per heavy atom. The number of rotatable bonds is 0. The van der Waals surface area contributed by atoms with Crippen LogP contribution in [-0.2, 0) is 19.5 Å². The van der Waals surface area contributed by atoms with E-state index in [1.807, 2.05) is 22.1 Å². The van der Waals surface area contributed by atoms with E-state index in [9.17, 15) is 0 Å². The fraction of sp³-hybridized carbons (Fsp3) is 0. The summed E-state index contributed by atoms with van der Waals surface area (Å²) in [5.41, 5.74) is 0. The van der Waals surface area contributed by atoms with Gasteiger partial charge in [0.1, 0.15) is 0 Å². The molecule has 0 aliphatic heterocycles. The minimum Gasteiger partial charge on any atom is 0 e. The first kappa shape index (κ1) is 22.9. The van der Waals surface area contributed by atoms with Crippen molar-refractivity contribution in [1.82, 2.24) is 0 Å². The van der Waals surface area contributed by atoms with E-state index in [-0.39, 0.29) is 63.0 Å². The van der Waals surface area contributed by atoms with Crippen molar-refractivity contribution in [3.8, 4) is 0 Å². The predicted octanol–water partition coefficient (Wildman–Crippen LogP) is -4.85. The normalized spacial score (nSPS) is 2.83. The Labute approximate surface area is 98.2 Å². The van der Waals surface area contributed by atoms with E-state index in [0.29, 0.717) is 0 Å². The number of hydrogen-bond acceptors (Lipinski definition) is 0. The fourth-order valence-electron chi connectivity index (χ4n) is 0. The van der Waals surface area contributed by atoms with Gasteiger partial charge in [-0.1, -0.05) is 0 Å². The summed E-state index contributed by atoms with van der Waals surface area (Å²) in [5, 5.41) is 0. The Morgan fingerprint density at radius 1 is 1.50 bits per heavy atom. The van der Waals surface area contributed by atoms with Crippen molar-refractivity contribution >= 4 is 80.5 Å². The molecule has 0 aromatic carbocycles. The van der Waals surface area contributed by atoms with Gasteiger partial charge in [-0.2, -0.15) is 0 Å². The summed E-state index contributed by atoms with van der Waals surface area (Å²) in [6.45, 7) is 0. The second kappa shape index (κ2) is 24.3. The van der Waals surface area contributed by atoms with Gasteiger partial charge < -0.3 is 0 Å². The van der Waals surface area contributed by atoms with Crippen LogP contribution in [-0.4, -0.2) is 80.5 Å². The molecule has 6 heteroatoms. The van der Waals surface area contributed by atoms with E-state index in [2.05, 4.69) is 0 Å². The van der Waals surface area contributed by atoms with Crippen molar-refractivity contribution < 1.29 is 19.5 Å². The van der Waals surface area contributed by atoms with Gasteiger partial charge >= 0.3 is 63.2 Å². The minimum atomic E-state index is 0. The molecule has 0 aromatic rings. The Morgan fingerprint density at radius 3 is 1.50 bits per heavy atom. The van der Waals surface area contributed by atoms with Gasteiger partial charge in [0.2, 0.25) is 0 Å². The minimum absolute atomic E-state index is 0. The zero-order valence-corrected chi connectivity index (χ0v) is 16.6. The van der Waals surface area contributed by atoms with Gasteiger partial charge in [-0.05, 0) is 0 Å². The third-order valence-corrected chi connectivity index (χ3v) is 0. The molecule has 0 nitrogen and oxygen atoms in total. The molecule has 0 aliphatic carbocycles. The van der Waals surface area contributed by atoms with Crippen LogP contribution in [0.25, 0.3) is 0 Å². The molecule has 0 heterocycles. The molecule has 0 atom stereocenters. The van der Waals surface area contributed by atoms with E-state index in [4.69, 9.17) is 0 Å². The molecule has 0 aromatic heterocycles. The summed E-state index contributed by atoms with van der Waals surface area (Å²) in [6, 6.07) is 0. The topological polar surface area (TPSA) is 0 Å². The van der Waals surface area contributed by atoms with Crippen LogP contribution in [0, 0.1) is 0 Å². The average molecular weight is 479 g/mol. The molecule has 0 saturated heterocycles. The summed E-state index contributed by atoms with van der Waals surface area (Å²) in [7, 11) is 1.39. The SMILES string of the molecule is [AlH3].[BiH3].[SiH3]B[TeH].[Zn]. The van der Waals surface area contributed by atoms with Crippen molar-refractivity contribution in [2.75, 3.05) is 0 Å². The van der Waals surface area contributed by atoms with E-state index < -0.39 is 0 Å². The summed E-state index contributed by atoms with van der Waals surface area (Å²) >= 11 is 1.91. The molecule has 0 fully saturated rings. The predicted molar refractivity (Wildman–Crippen MR) is 44.1 cm³/mol. The smallest absolute Gasteiger partial charge is 0 e. The number of hydrogen-bond donors (Lipinski definition) is 0. The third kappa shape index (κ3) is 27.4. The Kier molecular flexibility index (Phi) is 92.8. The van der Waals surface area contributed by atoms with E-state index >= 15 is 0 Å². The van der Waals surface area contributed by atoms with Crippen LogP contribution in [0.3, 0.4) is 0 Å². The monoisotopic (exact) mass is 480 g/mol. The van der Waals surface area contributed by atoms with Gasteiger partial charge in [0.15, 0.2) is 17.4 Å². The van der Waals surface area contributed by atoms with Crippen LogP contribution in [0.15, 0.2) is 0 Å². The summed E-state index contributed by atoms with van der Waals surface area (Å²) in [4.78, 5) is 0. The Hall–Kier alpha value is 3.11. The maximum absolute atomic E-state index is 1.91. The van der Waals surface area contributed by atoms with E-state index in [1.54, 1.807) is 0 Å². The van der Waals surface area contributed by atoms with Crippen LogP contribution < -0.4 is 0 Å². The molecule has 6 heavy (non-hydrogen) atoms. The molecule has 0 unspecified atom stereocenters. The molecule has 0 N–H and O–H groups in total. The third-order valence-electron chi connectivity index (χ3n) is 0. The van der Waals surface area contributed by atoms with Crippen LogP contribution in [0.2, 0.25) is 0 Å². The molecule has 0 aliphatic rings. The molecule has 34 valence electrons. The zero-order valence-electron chi connectivity index (χ0n) is 3.57. The molecule has 0 spiro atoms. The van der Waals surface area contributed by atoms with Crippen LogP contribution in [0.5, 0.6) is 0 Å². The molecular weight excluding hydrogens is 468 g/mol. The van der Waals surface area contributed by atoms with Crippen molar-refractivity contribution in [2.45, 2.75) is 0 Å². The van der Waals surface area contributed by atoms with Gasteiger partial charge in [-0.3, -0.25) is 0 Å². The van der Waals surface area contributed by atoms with Crippen LogP contribution in [0.1, 0.15) is 0 Å². The van der Waals surface area contributed by atoms with Crippen molar-refractivity contribution in [3.05, 3.63) is 0 Å². The second-order valence-corrected chi connectivity index (χ2v) is 6.36. The van der Waals surface area contributed by atoms with E-state index in [0.717, 1.165) is 0 Å². The second-order valence-electron chi connectivity index (χ2n) is 0.316. The molecule has 0 amide bonds. The maximum atomic E-state index is 1.91. The molecular formula is H11AlBBiSiTeZn. The molecule has 0 rings (SSSR count).